The van der Waals surface area contributed by atoms with Crippen molar-refractivity contribution in [1.82, 2.24) is 4.98 Å². The number of aromatic nitrogens is 1. The summed E-state index contributed by atoms with van der Waals surface area (Å²) in [6, 6.07) is 11.6. The van der Waals surface area contributed by atoms with Crippen LogP contribution in [0.2, 0.25) is 5.02 Å². The molecule has 2 rings (SSSR count). The molecule has 0 atom stereocenters. The van der Waals surface area contributed by atoms with Crippen molar-refractivity contribution in [2.45, 2.75) is 10.6 Å². The Bertz CT molecular complexity index is 442. The first-order valence-corrected chi connectivity index (χ1v) is 6.20. The van der Waals surface area contributed by atoms with E-state index in [1.54, 1.807) is 18.0 Å². The summed E-state index contributed by atoms with van der Waals surface area (Å²) >= 11 is 7.72. The number of nitrogens with zero attached hydrogens (tertiary/aromatic N) is 1. The van der Waals surface area contributed by atoms with E-state index in [2.05, 4.69) is 4.98 Å². The van der Waals surface area contributed by atoms with Gasteiger partial charge in [0.05, 0.1) is 5.02 Å². The number of hydrogen-bond acceptors (Lipinski definition) is 3. The Hall–Kier alpha value is -1.19. The molecule has 0 spiro atoms. The zero-order chi connectivity index (χ0) is 11.4. The molecule has 1 heterocycles. The molecule has 0 saturated carbocycles. The predicted octanol–water partition coefficient (Wildman–Crippen LogP) is 3.61. The predicted molar refractivity (Wildman–Crippen MR) is 69.7 cm³/mol. The molecule has 82 valence electrons. The number of nitrogen functional groups attached to an aromatic ring is 1. The minimum atomic E-state index is 0.585. The maximum atomic E-state index is 6.06. The maximum Gasteiger partial charge on any atom is 0.127 e. The quantitative estimate of drug-likeness (QED) is 0.846. The van der Waals surface area contributed by atoms with Gasteiger partial charge in [0.15, 0.2) is 0 Å². The highest BCUT2D eigenvalue weighted by atomic mass is 35.5. The lowest BCUT2D eigenvalue weighted by Crippen LogP contribution is -1.95. The molecule has 0 saturated heterocycles. The van der Waals surface area contributed by atoms with E-state index in [0.29, 0.717) is 5.82 Å². The third-order valence-electron chi connectivity index (χ3n) is 2.15. The highest BCUT2D eigenvalue weighted by molar-refractivity contribution is 7.98. The topological polar surface area (TPSA) is 38.9 Å². The molecule has 0 aliphatic carbocycles. The Morgan fingerprint density at radius 1 is 1.19 bits per heavy atom. The Morgan fingerprint density at radius 2 is 2.00 bits per heavy atom. The molecule has 4 heteroatoms. The highest BCUT2D eigenvalue weighted by Crippen LogP contribution is 2.30. The van der Waals surface area contributed by atoms with E-state index in [4.69, 9.17) is 17.3 Å². The van der Waals surface area contributed by atoms with Gasteiger partial charge in [0.25, 0.3) is 0 Å². The number of nitrogens with two attached hydrogens (primary N) is 1. The van der Waals surface area contributed by atoms with Crippen LogP contribution < -0.4 is 5.73 Å². The minimum Gasteiger partial charge on any atom is -0.383 e. The number of pyridine rings is 1. The normalized spacial score (nSPS) is 10.3. The lowest BCUT2D eigenvalue weighted by molar-refractivity contribution is 1.26. The Labute approximate surface area is 104 Å². The fourth-order valence-electron chi connectivity index (χ4n) is 1.29. The van der Waals surface area contributed by atoms with Gasteiger partial charge in [0.1, 0.15) is 5.82 Å². The lowest BCUT2D eigenvalue weighted by Gasteiger charge is -2.05. The molecule has 0 unspecified atom stereocenters. The lowest BCUT2D eigenvalue weighted by atomic mass is 10.3. The molecule has 0 bridgehead atoms. The van der Waals surface area contributed by atoms with Gasteiger partial charge in [0.2, 0.25) is 0 Å². The first kappa shape index (κ1) is 11.3. The van der Waals surface area contributed by atoms with Crippen LogP contribution in [0.4, 0.5) is 5.82 Å². The number of hydrogen-bond donors (Lipinski definition) is 1. The molecule has 0 aliphatic rings. The van der Waals surface area contributed by atoms with Gasteiger partial charge in [0, 0.05) is 22.4 Å². The zero-order valence-corrected chi connectivity index (χ0v) is 10.1. The van der Waals surface area contributed by atoms with Crippen molar-refractivity contribution in [2.75, 3.05) is 5.73 Å². The smallest absolute Gasteiger partial charge is 0.127 e. The van der Waals surface area contributed by atoms with Crippen molar-refractivity contribution in [3.05, 3.63) is 53.2 Å². The van der Waals surface area contributed by atoms with Gasteiger partial charge in [-0.15, -0.1) is 11.8 Å². The van der Waals surface area contributed by atoms with Gasteiger partial charge in [-0.3, -0.25) is 0 Å². The van der Waals surface area contributed by atoms with Gasteiger partial charge in [-0.2, -0.15) is 0 Å². The maximum absolute atomic E-state index is 6.06. The van der Waals surface area contributed by atoms with Gasteiger partial charge < -0.3 is 5.73 Å². The van der Waals surface area contributed by atoms with E-state index in [1.165, 1.54) is 0 Å². The first-order chi connectivity index (χ1) is 7.77. The molecule has 1 aromatic carbocycles. The Kier molecular flexibility index (Phi) is 3.70. The second-order valence-corrected chi connectivity index (χ2v) is 4.69. The number of rotatable bonds is 3. The molecular weight excluding hydrogens is 240 g/mol. The molecule has 2 N–H and O–H groups in total. The number of thioether (sulfide) groups is 1. The molecular formula is C12H11ClN2S. The summed E-state index contributed by atoms with van der Waals surface area (Å²) in [7, 11) is 0. The van der Waals surface area contributed by atoms with Crippen molar-refractivity contribution in [1.29, 1.82) is 0 Å². The van der Waals surface area contributed by atoms with Gasteiger partial charge >= 0.3 is 0 Å². The number of anilines is 1. The minimum absolute atomic E-state index is 0.585. The third-order valence-corrected chi connectivity index (χ3v) is 3.71. The average Bonchev–Trinajstić information content (AvgIpc) is 2.30. The number of halogens is 1. The highest BCUT2D eigenvalue weighted by Gasteiger charge is 2.03. The molecule has 1 aromatic heterocycles. The van der Waals surface area contributed by atoms with Crippen LogP contribution in [0.1, 0.15) is 5.56 Å². The van der Waals surface area contributed by atoms with E-state index in [-0.39, 0.29) is 0 Å². The van der Waals surface area contributed by atoms with Crippen LogP contribution in [0.25, 0.3) is 0 Å². The molecule has 0 amide bonds. The fourth-order valence-corrected chi connectivity index (χ4v) is 2.53. The van der Waals surface area contributed by atoms with Crippen LogP contribution in [0.5, 0.6) is 0 Å². The monoisotopic (exact) mass is 250 g/mol. The van der Waals surface area contributed by atoms with Crippen molar-refractivity contribution in [3.63, 3.8) is 0 Å². The molecule has 0 fully saturated rings. The van der Waals surface area contributed by atoms with Crippen LogP contribution in [-0.2, 0) is 5.75 Å². The Morgan fingerprint density at radius 3 is 2.75 bits per heavy atom. The zero-order valence-electron chi connectivity index (χ0n) is 8.56. The van der Waals surface area contributed by atoms with E-state index in [0.717, 1.165) is 21.2 Å². The summed E-state index contributed by atoms with van der Waals surface area (Å²) in [6.45, 7) is 0. The molecule has 0 radical (unpaired) electrons. The molecule has 16 heavy (non-hydrogen) atoms. The van der Waals surface area contributed by atoms with Crippen LogP contribution in [0, 0.1) is 0 Å². The van der Waals surface area contributed by atoms with Gasteiger partial charge in [-0.05, 0) is 18.2 Å². The van der Waals surface area contributed by atoms with Gasteiger partial charge in [-0.25, -0.2) is 4.98 Å². The standard InChI is InChI=1S/C12H11ClN2S/c13-10-5-1-2-6-11(10)16-8-9-4-3-7-15-12(9)14/h1-7H,8H2,(H2,14,15). The van der Waals surface area contributed by atoms with Crippen LogP contribution in [0.15, 0.2) is 47.5 Å². The Balaban J connectivity index is 2.09. The summed E-state index contributed by atoms with van der Waals surface area (Å²) in [5.41, 5.74) is 6.80. The van der Waals surface area contributed by atoms with Crippen molar-refractivity contribution in [2.24, 2.45) is 0 Å². The summed E-state index contributed by atoms with van der Waals surface area (Å²) in [4.78, 5) is 5.11. The summed E-state index contributed by atoms with van der Waals surface area (Å²) in [5.74, 6) is 1.37. The fraction of sp³-hybridized carbons (Fsp3) is 0.0833. The van der Waals surface area contributed by atoms with Gasteiger partial charge in [-0.1, -0.05) is 29.8 Å². The van der Waals surface area contributed by atoms with E-state index >= 15 is 0 Å². The molecule has 2 nitrogen and oxygen atoms in total. The van der Waals surface area contributed by atoms with E-state index in [9.17, 15) is 0 Å². The summed E-state index contributed by atoms with van der Waals surface area (Å²) < 4.78 is 0. The summed E-state index contributed by atoms with van der Waals surface area (Å²) in [6.07, 6.45) is 1.69. The second-order valence-electron chi connectivity index (χ2n) is 3.27. The molecule has 0 aliphatic heterocycles. The van der Waals surface area contributed by atoms with Crippen molar-refractivity contribution >= 4 is 29.2 Å². The largest absolute Gasteiger partial charge is 0.383 e. The number of benzene rings is 1. The van der Waals surface area contributed by atoms with E-state index < -0.39 is 0 Å². The van der Waals surface area contributed by atoms with Crippen molar-refractivity contribution < 1.29 is 0 Å². The third kappa shape index (κ3) is 2.68. The van der Waals surface area contributed by atoms with Crippen LogP contribution in [-0.4, -0.2) is 4.98 Å². The molecule has 2 aromatic rings. The van der Waals surface area contributed by atoms with Crippen LogP contribution in [0.3, 0.4) is 0 Å². The first-order valence-electron chi connectivity index (χ1n) is 4.84. The summed E-state index contributed by atoms with van der Waals surface area (Å²) in [5, 5.41) is 0.773. The van der Waals surface area contributed by atoms with E-state index in [1.807, 2.05) is 36.4 Å². The second kappa shape index (κ2) is 5.23. The van der Waals surface area contributed by atoms with Crippen molar-refractivity contribution in [3.8, 4) is 0 Å². The SMILES string of the molecule is Nc1ncccc1CSc1ccccc1Cl. The average molecular weight is 251 g/mol. The van der Waals surface area contributed by atoms with Crippen LogP contribution >= 0.6 is 23.4 Å².